The highest BCUT2D eigenvalue weighted by Crippen LogP contribution is 2.13. The molecule has 0 amide bonds. The first-order valence-electron chi connectivity index (χ1n) is 7.66. The Morgan fingerprint density at radius 2 is 1.33 bits per heavy atom. The largest absolute Gasteiger partial charge is 0.390 e. The Kier molecular flexibility index (Phi) is 13.9. The average Bonchev–Trinajstić information content (AvgIpc) is 2.39. The molecule has 0 aliphatic carbocycles. The van der Waals surface area contributed by atoms with Crippen LogP contribution in [-0.2, 0) is 0 Å². The van der Waals surface area contributed by atoms with Crippen molar-refractivity contribution in [3.63, 3.8) is 0 Å². The Balaban J connectivity index is 3.11. The SMILES string of the molecule is CCCCCCCCCCSCC(O)C(O)CC. The molecule has 2 unspecified atom stereocenters. The molecule has 0 saturated carbocycles. The van der Waals surface area contributed by atoms with E-state index in [1.165, 1.54) is 51.4 Å². The van der Waals surface area contributed by atoms with Crippen molar-refractivity contribution in [2.24, 2.45) is 0 Å². The van der Waals surface area contributed by atoms with Crippen molar-refractivity contribution in [2.45, 2.75) is 83.8 Å². The molecule has 2 atom stereocenters. The van der Waals surface area contributed by atoms with Gasteiger partial charge in [0.15, 0.2) is 0 Å². The fourth-order valence-corrected chi connectivity index (χ4v) is 2.96. The van der Waals surface area contributed by atoms with Crippen LogP contribution < -0.4 is 0 Å². The van der Waals surface area contributed by atoms with E-state index in [9.17, 15) is 10.2 Å². The molecule has 18 heavy (non-hydrogen) atoms. The van der Waals surface area contributed by atoms with Crippen LogP contribution in [0.2, 0.25) is 0 Å². The van der Waals surface area contributed by atoms with Gasteiger partial charge in [-0.05, 0) is 18.6 Å². The topological polar surface area (TPSA) is 40.5 Å². The Morgan fingerprint density at radius 3 is 1.89 bits per heavy atom. The van der Waals surface area contributed by atoms with Crippen molar-refractivity contribution in [3.8, 4) is 0 Å². The van der Waals surface area contributed by atoms with Gasteiger partial charge in [-0.15, -0.1) is 0 Å². The minimum Gasteiger partial charge on any atom is -0.390 e. The Morgan fingerprint density at radius 1 is 0.778 bits per heavy atom. The van der Waals surface area contributed by atoms with Gasteiger partial charge in [-0.1, -0.05) is 58.8 Å². The normalized spacial score (nSPS) is 14.7. The molecular formula is C15H32O2S. The quantitative estimate of drug-likeness (QED) is 0.500. The zero-order chi connectivity index (χ0) is 13.6. The van der Waals surface area contributed by atoms with Crippen LogP contribution in [-0.4, -0.2) is 33.9 Å². The first-order valence-corrected chi connectivity index (χ1v) is 8.81. The van der Waals surface area contributed by atoms with E-state index in [1.807, 2.05) is 6.92 Å². The number of rotatable bonds is 13. The minimum absolute atomic E-state index is 0.545. The van der Waals surface area contributed by atoms with E-state index < -0.39 is 12.2 Å². The fraction of sp³-hybridized carbons (Fsp3) is 1.00. The van der Waals surface area contributed by atoms with E-state index in [4.69, 9.17) is 0 Å². The molecule has 0 bridgehead atoms. The monoisotopic (exact) mass is 276 g/mol. The van der Waals surface area contributed by atoms with Gasteiger partial charge >= 0.3 is 0 Å². The molecule has 0 radical (unpaired) electrons. The molecule has 0 heterocycles. The fourth-order valence-electron chi connectivity index (χ4n) is 1.93. The summed E-state index contributed by atoms with van der Waals surface area (Å²) in [4.78, 5) is 0. The summed E-state index contributed by atoms with van der Waals surface area (Å²) in [5, 5.41) is 19.0. The summed E-state index contributed by atoms with van der Waals surface area (Å²) in [6, 6.07) is 0. The molecule has 0 aromatic rings. The third kappa shape index (κ3) is 11.4. The Labute approximate surface area is 118 Å². The van der Waals surface area contributed by atoms with Crippen molar-refractivity contribution in [2.75, 3.05) is 11.5 Å². The van der Waals surface area contributed by atoms with Crippen LogP contribution in [0, 0.1) is 0 Å². The molecule has 0 rings (SSSR count). The smallest absolute Gasteiger partial charge is 0.0889 e. The number of hydrogen-bond acceptors (Lipinski definition) is 3. The molecule has 3 heteroatoms. The second kappa shape index (κ2) is 13.7. The van der Waals surface area contributed by atoms with Crippen molar-refractivity contribution in [1.29, 1.82) is 0 Å². The maximum absolute atomic E-state index is 9.57. The summed E-state index contributed by atoms with van der Waals surface area (Å²) in [6.07, 6.45) is 10.3. The maximum atomic E-state index is 9.57. The van der Waals surface area contributed by atoms with Crippen molar-refractivity contribution < 1.29 is 10.2 Å². The molecule has 0 aliphatic heterocycles. The summed E-state index contributed by atoms with van der Waals surface area (Å²) in [6.45, 7) is 4.15. The standard InChI is InChI=1S/C15H32O2S/c1-3-5-6-7-8-9-10-11-12-18-13-15(17)14(16)4-2/h14-17H,3-13H2,1-2H3. The summed E-state index contributed by atoms with van der Waals surface area (Å²) >= 11 is 1.77. The van der Waals surface area contributed by atoms with Gasteiger partial charge < -0.3 is 10.2 Å². The molecule has 0 aromatic carbocycles. The predicted octanol–water partition coefficient (Wildman–Crippen LogP) is 3.99. The molecule has 2 nitrogen and oxygen atoms in total. The number of hydrogen-bond donors (Lipinski definition) is 2. The maximum Gasteiger partial charge on any atom is 0.0889 e. The molecule has 0 spiro atoms. The van der Waals surface area contributed by atoms with Crippen molar-refractivity contribution in [1.82, 2.24) is 0 Å². The molecular weight excluding hydrogens is 244 g/mol. The van der Waals surface area contributed by atoms with Gasteiger partial charge in [-0.2, -0.15) is 11.8 Å². The van der Waals surface area contributed by atoms with Crippen LogP contribution in [0.3, 0.4) is 0 Å². The molecule has 0 fully saturated rings. The van der Waals surface area contributed by atoms with Gasteiger partial charge in [0, 0.05) is 5.75 Å². The van der Waals surface area contributed by atoms with Crippen LogP contribution in [0.1, 0.15) is 71.6 Å². The highest BCUT2D eigenvalue weighted by atomic mass is 32.2. The average molecular weight is 276 g/mol. The van der Waals surface area contributed by atoms with E-state index >= 15 is 0 Å². The van der Waals surface area contributed by atoms with Crippen molar-refractivity contribution in [3.05, 3.63) is 0 Å². The van der Waals surface area contributed by atoms with E-state index in [2.05, 4.69) is 6.92 Å². The Bertz CT molecular complexity index is 165. The third-order valence-corrected chi connectivity index (χ3v) is 4.45. The van der Waals surface area contributed by atoms with E-state index in [0.29, 0.717) is 12.2 Å². The molecule has 110 valence electrons. The zero-order valence-electron chi connectivity index (χ0n) is 12.2. The number of unbranched alkanes of at least 4 members (excludes halogenated alkanes) is 7. The molecule has 0 aromatic heterocycles. The Hall–Kier alpha value is 0.270. The number of aliphatic hydroxyl groups is 2. The molecule has 2 N–H and O–H groups in total. The summed E-state index contributed by atoms with van der Waals surface area (Å²) in [7, 11) is 0. The van der Waals surface area contributed by atoms with Gasteiger partial charge in [0.2, 0.25) is 0 Å². The van der Waals surface area contributed by atoms with E-state index in [0.717, 1.165) is 5.75 Å². The van der Waals surface area contributed by atoms with E-state index in [-0.39, 0.29) is 0 Å². The van der Waals surface area contributed by atoms with Crippen molar-refractivity contribution >= 4 is 11.8 Å². The van der Waals surface area contributed by atoms with Gasteiger partial charge in [-0.25, -0.2) is 0 Å². The van der Waals surface area contributed by atoms with Crippen LogP contribution in [0.4, 0.5) is 0 Å². The second-order valence-electron chi connectivity index (χ2n) is 5.09. The second-order valence-corrected chi connectivity index (χ2v) is 6.24. The summed E-state index contributed by atoms with van der Waals surface area (Å²) < 4.78 is 0. The van der Waals surface area contributed by atoms with Gasteiger partial charge in [0.05, 0.1) is 12.2 Å². The van der Waals surface area contributed by atoms with Gasteiger partial charge in [0.25, 0.3) is 0 Å². The number of aliphatic hydroxyl groups excluding tert-OH is 2. The third-order valence-electron chi connectivity index (χ3n) is 3.29. The number of thioether (sulfide) groups is 1. The lowest BCUT2D eigenvalue weighted by Gasteiger charge is -2.15. The lowest BCUT2D eigenvalue weighted by atomic mass is 10.1. The highest BCUT2D eigenvalue weighted by Gasteiger charge is 2.13. The lowest BCUT2D eigenvalue weighted by Crippen LogP contribution is -2.27. The lowest BCUT2D eigenvalue weighted by molar-refractivity contribution is 0.0323. The summed E-state index contributed by atoms with van der Waals surface area (Å²) in [5.74, 6) is 1.79. The van der Waals surface area contributed by atoms with Crippen LogP contribution in [0.15, 0.2) is 0 Å². The van der Waals surface area contributed by atoms with Gasteiger partial charge in [0.1, 0.15) is 0 Å². The zero-order valence-corrected chi connectivity index (χ0v) is 13.1. The molecule has 0 aliphatic rings. The van der Waals surface area contributed by atoms with Crippen LogP contribution in [0.25, 0.3) is 0 Å². The highest BCUT2D eigenvalue weighted by molar-refractivity contribution is 7.99. The van der Waals surface area contributed by atoms with Crippen LogP contribution >= 0.6 is 11.8 Å². The first kappa shape index (κ1) is 18.3. The van der Waals surface area contributed by atoms with Gasteiger partial charge in [-0.3, -0.25) is 0 Å². The van der Waals surface area contributed by atoms with Crippen LogP contribution in [0.5, 0.6) is 0 Å². The predicted molar refractivity (Wildman–Crippen MR) is 82.2 cm³/mol. The minimum atomic E-state index is -0.547. The molecule has 0 saturated heterocycles. The first-order chi connectivity index (χ1) is 8.72. The van der Waals surface area contributed by atoms with E-state index in [1.54, 1.807) is 11.8 Å². The summed E-state index contributed by atoms with van der Waals surface area (Å²) in [5.41, 5.74) is 0.